The predicted molar refractivity (Wildman–Crippen MR) is 54.6 cm³/mol. The van der Waals surface area contributed by atoms with Gasteiger partial charge in [0.15, 0.2) is 0 Å². The monoisotopic (exact) mass is 184 g/mol. The first kappa shape index (κ1) is 7.74. The van der Waals surface area contributed by atoms with E-state index in [0.29, 0.717) is 0 Å². The molecule has 0 nitrogen and oxygen atoms in total. The summed E-state index contributed by atoms with van der Waals surface area (Å²) in [7, 11) is 0. The molecule has 0 spiro atoms. The van der Waals surface area contributed by atoms with E-state index in [1.807, 2.05) is 18.2 Å². The van der Waals surface area contributed by atoms with Crippen LogP contribution < -0.4 is 0 Å². The molecule has 1 heteroatoms. The van der Waals surface area contributed by atoms with E-state index < -0.39 is 0 Å². The highest BCUT2D eigenvalue weighted by Crippen LogP contribution is 2.37. The lowest BCUT2D eigenvalue weighted by Gasteiger charge is -1.99. The van der Waals surface area contributed by atoms with Gasteiger partial charge in [-0.15, -0.1) is 0 Å². The van der Waals surface area contributed by atoms with Crippen molar-refractivity contribution in [2.45, 2.75) is 6.42 Å². The van der Waals surface area contributed by atoms with Gasteiger partial charge in [-0.2, -0.15) is 0 Å². The van der Waals surface area contributed by atoms with Gasteiger partial charge in [-0.3, -0.25) is 0 Å². The number of hydrogen-bond donors (Lipinski definition) is 0. The predicted octanol–water partition coefficient (Wildman–Crippen LogP) is 3.40. The highest BCUT2D eigenvalue weighted by Gasteiger charge is 2.19. The second-order valence-electron chi connectivity index (χ2n) is 3.60. The maximum Gasteiger partial charge on any atom is 0.127 e. The van der Waals surface area contributed by atoms with Gasteiger partial charge < -0.3 is 0 Å². The third-order valence-corrected chi connectivity index (χ3v) is 2.79. The summed E-state index contributed by atoms with van der Waals surface area (Å²) in [6.45, 7) is 0. The van der Waals surface area contributed by atoms with E-state index in [1.54, 1.807) is 6.07 Å². The molecule has 0 N–H and O–H groups in total. The second-order valence-corrected chi connectivity index (χ2v) is 3.60. The van der Waals surface area contributed by atoms with E-state index >= 15 is 0 Å². The van der Waals surface area contributed by atoms with Gasteiger partial charge in [-0.25, -0.2) is 4.39 Å². The first-order valence-electron chi connectivity index (χ1n) is 4.72. The first-order valence-corrected chi connectivity index (χ1v) is 4.72. The van der Waals surface area contributed by atoms with Crippen molar-refractivity contribution in [1.29, 1.82) is 0 Å². The molecule has 0 saturated heterocycles. The van der Waals surface area contributed by atoms with Crippen LogP contribution in [0.5, 0.6) is 0 Å². The summed E-state index contributed by atoms with van der Waals surface area (Å²) < 4.78 is 13.5. The van der Waals surface area contributed by atoms with Crippen molar-refractivity contribution >= 4 is 0 Å². The Morgan fingerprint density at radius 2 is 1.64 bits per heavy atom. The zero-order valence-electron chi connectivity index (χ0n) is 7.63. The van der Waals surface area contributed by atoms with Crippen LogP contribution in [0.3, 0.4) is 0 Å². The Kier molecular flexibility index (Phi) is 1.48. The van der Waals surface area contributed by atoms with Gasteiger partial charge in [0, 0.05) is 12.0 Å². The Morgan fingerprint density at radius 1 is 0.857 bits per heavy atom. The fraction of sp³-hybridized carbons (Fsp3) is 0.0769. The first-order chi connectivity index (χ1) is 6.86. The Labute approximate surface area is 82.0 Å². The molecule has 0 fully saturated rings. The third-order valence-electron chi connectivity index (χ3n) is 2.79. The summed E-state index contributed by atoms with van der Waals surface area (Å²) in [5, 5.41) is 0. The molecule has 0 radical (unpaired) electrons. The van der Waals surface area contributed by atoms with Crippen LogP contribution in [0, 0.1) is 5.82 Å². The van der Waals surface area contributed by atoms with E-state index in [9.17, 15) is 4.39 Å². The van der Waals surface area contributed by atoms with Crippen LogP contribution in [0.15, 0.2) is 42.5 Å². The topological polar surface area (TPSA) is 0 Å². The Bertz CT molecular complexity index is 500. The molecule has 3 rings (SSSR count). The molecule has 0 atom stereocenters. The van der Waals surface area contributed by atoms with E-state index in [0.717, 1.165) is 17.5 Å². The standard InChI is InChI=1S/C13H9F/c14-13-7-3-6-11-10-5-2-1-4-9(10)8-12(11)13/h1-7H,8H2. The van der Waals surface area contributed by atoms with Crippen LogP contribution in [0.4, 0.5) is 4.39 Å². The lowest BCUT2D eigenvalue weighted by Crippen LogP contribution is -1.85. The molecule has 14 heavy (non-hydrogen) atoms. The summed E-state index contributed by atoms with van der Waals surface area (Å²) in [4.78, 5) is 0. The molecule has 2 aromatic carbocycles. The van der Waals surface area contributed by atoms with Crippen molar-refractivity contribution in [3.63, 3.8) is 0 Å². The molecular weight excluding hydrogens is 175 g/mol. The van der Waals surface area contributed by atoms with Gasteiger partial charge in [0.25, 0.3) is 0 Å². The van der Waals surface area contributed by atoms with Crippen LogP contribution in [0.25, 0.3) is 11.1 Å². The minimum Gasteiger partial charge on any atom is -0.207 e. The quantitative estimate of drug-likeness (QED) is 0.502. The van der Waals surface area contributed by atoms with Crippen LogP contribution >= 0.6 is 0 Å². The number of rotatable bonds is 0. The molecule has 2 aromatic rings. The summed E-state index contributed by atoms with van der Waals surface area (Å²) in [5.74, 6) is -0.0845. The van der Waals surface area contributed by atoms with E-state index in [2.05, 4.69) is 12.1 Å². The maximum absolute atomic E-state index is 13.5. The van der Waals surface area contributed by atoms with Crippen molar-refractivity contribution < 1.29 is 4.39 Å². The van der Waals surface area contributed by atoms with Gasteiger partial charge in [-0.05, 0) is 22.8 Å². The second kappa shape index (κ2) is 2.68. The van der Waals surface area contributed by atoms with Gasteiger partial charge in [0.05, 0.1) is 0 Å². The van der Waals surface area contributed by atoms with E-state index in [1.165, 1.54) is 17.2 Å². The smallest absolute Gasteiger partial charge is 0.127 e. The maximum atomic E-state index is 13.5. The van der Waals surface area contributed by atoms with Gasteiger partial charge in [0.2, 0.25) is 0 Å². The molecule has 0 unspecified atom stereocenters. The van der Waals surface area contributed by atoms with Gasteiger partial charge >= 0.3 is 0 Å². The van der Waals surface area contributed by atoms with E-state index in [4.69, 9.17) is 0 Å². The van der Waals surface area contributed by atoms with Crippen molar-refractivity contribution in [2.75, 3.05) is 0 Å². The number of fused-ring (bicyclic) bond motifs is 3. The van der Waals surface area contributed by atoms with Gasteiger partial charge in [0.1, 0.15) is 5.82 Å². The minimum atomic E-state index is -0.0845. The Morgan fingerprint density at radius 3 is 2.57 bits per heavy atom. The van der Waals surface area contributed by atoms with Crippen molar-refractivity contribution in [3.05, 3.63) is 59.4 Å². The van der Waals surface area contributed by atoms with Crippen LogP contribution in [-0.2, 0) is 6.42 Å². The minimum absolute atomic E-state index is 0.0845. The average Bonchev–Trinajstić information content (AvgIpc) is 2.59. The fourth-order valence-corrected chi connectivity index (χ4v) is 2.12. The molecule has 0 aromatic heterocycles. The largest absolute Gasteiger partial charge is 0.207 e. The molecule has 0 amide bonds. The molecule has 1 aliphatic carbocycles. The van der Waals surface area contributed by atoms with Crippen molar-refractivity contribution in [1.82, 2.24) is 0 Å². The number of halogens is 1. The summed E-state index contributed by atoms with van der Waals surface area (Å²) in [5.41, 5.74) is 4.31. The SMILES string of the molecule is Fc1cccc2c1Cc1ccccc1-2. The lowest BCUT2D eigenvalue weighted by molar-refractivity contribution is 0.616. The lowest BCUT2D eigenvalue weighted by atomic mass is 10.1. The number of benzene rings is 2. The van der Waals surface area contributed by atoms with Crippen molar-refractivity contribution in [3.8, 4) is 11.1 Å². The Balaban J connectivity index is 2.33. The summed E-state index contributed by atoms with van der Waals surface area (Å²) in [6, 6.07) is 13.4. The molecule has 0 saturated carbocycles. The zero-order chi connectivity index (χ0) is 9.54. The van der Waals surface area contributed by atoms with Crippen LogP contribution in [0.2, 0.25) is 0 Å². The highest BCUT2D eigenvalue weighted by molar-refractivity contribution is 5.76. The molecule has 0 bridgehead atoms. The normalized spacial score (nSPS) is 12.4. The summed E-state index contributed by atoms with van der Waals surface area (Å²) >= 11 is 0. The summed E-state index contributed by atoms with van der Waals surface area (Å²) in [6.07, 6.45) is 0.734. The molecule has 68 valence electrons. The molecule has 0 aliphatic heterocycles. The fourth-order valence-electron chi connectivity index (χ4n) is 2.12. The third kappa shape index (κ3) is 0.925. The molecule has 1 aliphatic rings. The van der Waals surface area contributed by atoms with Crippen LogP contribution in [-0.4, -0.2) is 0 Å². The van der Waals surface area contributed by atoms with Crippen molar-refractivity contribution in [2.24, 2.45) is 0 Å². The zero-order valence-corrected chi connectivity index (χ0v) is 7.63. The number of hydrogen-bond acceptors (Lipinski definition) is 0. The van der Waals surface area contributed by atoms with Gasteiger partial charge in [-0.1, -0.05) is 36.4 Å². The molecular formula is C13H9F. The highest BCUT2D eigenvalue weighted by atomic mass is 19.1. The van der Waals surface area contributed by atoms with E-state index in [-0.39, 0.29) is 5.82 Å². The van der Waals surface area contributed by atoms with Crippen LogP contribution in [0.1, 0.15) is 11.1 Å². The average molecular weight is 184 g/mol. The Hall–Kier alpha value is -1.63. The molecule has 0 heterocycles.